The molecule has 2 nitrogen and oxygen atoms in total. The molecule has 3 rings (SSSR count). The first-order valence-electron chi connectivity index (χ1n) is 7.21. The van der Waals surface area contributed by atoms with Crippen LogP contribution in [0.15, 0.2) is 48.8 Å². The minimum absolute atomic E-state index is 0.171. The molecule has 0 aliphatic heterocycles. The first-order chi connectivity index (χ1) is 9.83. The zero-order valence-electron chi connectivity index (χ0n) is 11.4. The minimum Gasteiger partial charge on any atom is -0.306 e. The summed E-state index contributed by atoms with van der Waals surface area (Å²) in [5, 5.41) is 3.62. The van der Waals surface area contributed by atoms with Gasteiger partial charge in [-0.2, -0.15) is 0 Å². The van der Waals surface area contributed by atoms with Crippen molar-refractivity contribution in [3.8, 4) is 0 Å². The lowest BCUT2D eigenvalue weighted by Crippen LogP contribution is -2.31. The molecule has 1 aliphatic rings. The fourth-order valence-electron chi connectivity index (χ4n) is 2.73. The van der Waals surface area contributed by atoms with Crippen molar-refractivity contribution in [2.24, 2.45) is 5.92 Å². The second-order valence-corrected chi connectivity index (χ2v) is 5.46. The van der Waals surface area contributed by atoms with Gasteiger partial charge in [0.25, 0.3) is 0 Å². The SMILES string of the molecule is Fc1ccc(C(NCc2ccncc2)C2CCC2)cc1. The van der Waals surface area contributed by atoms with E-state index in [0.717, 1.165) is 6.54 Å². The Morgan fingerprint density at radius 2 is 1.80 bits per heavy atom. The number of aromatic nitrogens is 1. The first-order valence-corrected chi connectivity index (χ1v) is 7.21. The molecular weight excluding hydrogens is 251 g/mol. The van der Waals surface area contributed by atoms with Gasteiger partial charge >= 0.3 is 0 Å². The predicted molar refractivity (Wildman–Crippen MR) is 77.6 cm³/mol. The Kier molecular flexibility index (Phi) is 4.07. The molecule has 1 aromatic carbocycles. The van der Waals surface area contributed by atoms with Crippen molar-refractivity contribution < 1.29 is 4.39 Å². The van der Waals surface area contributed by atoms with E-state index in [1.54, 1.807) is 12.1 Å². The number of nitrogens with zero attached hydrogens (tertiary/aromatic N) is 1. The van der Waals surface area contributed by atoms with Gasteiger partial charge in [-0.15, -0.1) is 0 Å². The molecule has 1 atom stereocenters. The number of halogens is 1. The highest BCUT2D eigenvalue weighted by atomic mass is 19.1. The van der Waals surface area contributed by atoms with Gasteiger partial charge in [0.05, 0.1) is 0 Å². The summed E-state index contributed by atoms with van der Waals surface area (Å²) in [5.41, 5.74) is 2.41. The second-order valence-electron chi connectivity index (χ2n) is 5.46. The molecule has 1 N–H and O–H groups in total. The van der Waals surface area contributed by atoms with Gasteiger partial charge in [0.1, 0.15) is 5.82 Å². The van der Waals surface area contributed by atoms with Crippen molar-refractivity contribution in [1.29, 1.82) is 0 Å². The minimum atomic E-state index is -0.171. The fraction of sp³-hybridized carbons (Fsp3) is 0.353. The summed E-state index contributed by atoms with van der Waals surface area (Å²) >= 11 is 0. The lowest BCUT2D eigenvalue weighted by atomic mass is 9.77. The Morgan fingerprint density at radius 1 is 1.10 bits per heavy atom. The molecular formula is C17H19FN2. The Labute approximate surface area is 119 Å². The number of hydrogen-bond donors (Lipinski definition) is 1. The highest BCUT2D eigenvalue weighted by molar-refractivity contribution is 5.22. The molecule has 1 aliphatic carbocycles. The van der Waals surface area contributed by atoms with E-state index in [4.69, 9.17) is 0 Å². The van der Waals surface area contributed by atoms with Crippen LogP contribution < -0.4 is 5.32 Å². The third-order valence-corrected chi connectivity index (χ3v) is 4.13. The Hall–Kier alpha value is -1.74. The molecule has 1 fully saturated rings. The average Bonchev–Trinajstić information content (AvgIpc) is 2.43. The molecule has 20 heavy (non-hydrogen) atoms. The summed E-state index contributed by atoms with van der Waals surface area (Å²) in [5.74, 6) is 0.498. The van der Waals surface area contributed by atoms with E-state index >= 15 is 0 Å². The smallest absolute Gasteiger partial charge is 0.123 e. The molecule has 0 bridgehead atoms. The predicted octanol–water partition coefficient (Wildman–Crippen LogP) is 3.85. The van der Waals surface area contributed by atoms with Gasteiger partial charge in [0.2, 0.25) is 0 Å². The van der Waals surface area contributed by atoms with Crippen molar-refractivity contribution in [2.45, 2.75) is 31.8 Å². The molecule has 0 radical (unpaired) electrons. The maximum atomic E-state index is 13.1. The molecule has 0 amide bonds. The van der Waals surface area contributed by atoms with Crippen molar-refractivity contribution in [2.75, 3.05) is 0 Å². The van der Waals surface area contributed by atoms with Crippen LogP contribution >= 0.6 is 0 Å². The monoisotopic (exact) mass is 270 g/mol. The first kappa shape index (κ1) is 13.3. The second kappa shape index (κ2) is 6.14. The highest BCUT2D eigenvalue weighted by Crippen LogP contribution is 2.37. The van der Waals surface area contributed by atoms with Crippen molar-refractivity contribution in [3.63, 3.8) is 0 Å². The molecule has 0 spiro atoms. The third kappa shape index (κ3) is 3.05. The summed E-state index contributed by atoms with van der Waals surface area (Å²) in [4.78, 5) is 4.03. The normalized spacial score (nSPS) is 16.6. The van der Waals surface area contributed by atoms with E-state index < -0.39 is 0 Å². The lowest BCUT2D eigenvalue weighted by Gasteiger charge is -2.35. The van der Waals surface area contributed by atoms with Gasteiger partial charge in [-0.1, -0.05) is 18.6 Å². The summed E-state index contributed by atoms with van der Waals surface area (Å²) in [6.07, 6.45) is 7.44. The Morgan fingerprint density at radius 3 is 2.40 bits per heavy atom. The van der Waals surface area contributed by atoms with Crippen LogP contribution in [0.2, 0.25) is 0 Å². The van der Waals surface area contributed by atoms with E-state index in [-0.39, 0.29) is 5.82 Å². The quantitative estimate of drug-likeness (QED) is 0.892. The van der Waals surface area contributed by atoms with Crippen LogP contribution in [0.5, 0.6) is 0 Å². The fourth-order valence-corrected chi connectivity index (χ4v) is 2.73. The van der Waals surface area contributed by atoms with Crippen LogP contribution in [0.25, 0.3) is 0 Å². The van der Waals surface area contributed by atoms with Crippen LogP contribution in [0.1, 0.15) is 36.4 Å². The lowest BCUT2D eigenvalue weighted by molar-refractivity contribution is 0.229. The van der Waals surface area contributed by atoms with Crippen molar-refractivity contribution in [1.82, 2.24) is 10.3 Å². The molecule has 2 aromatic rings. The summed E-state index contributed by atoms with van der Waals surface area (Å²) < 4.78 is 13.1. The van der Waals surface area contributed by atoms with Gasteiger partial charge < -0.3 is 5.32 Å². The number of pyridine rings is 1. The largest absolute Gasteiger partial charge is 0.306 e. The highest BCUT2D eigenvalue weighted by Gasteiger charge is 2.28. The van der Waals surface area contributed by atoms with E-state index in [9.17, 15) is 4.39 Å². The maximum Gasteiger partial charge on any atom is 0.123 e. The van der Waals surface area contributed by atoms with Gasteiger partial charge in [-0.05, 0) is 54.2 Å². The maximum absolute atomic E-state index is 13.1. The van der Waals surface area contributed by atoms with E-state index in [0.29, 0.717) is 12.0 Å². The van der Waals surface area contributed by atoms with Crippen LogP contribution in [-0.2, 0) is 6.54 Å². The van der Waals surface area contributed by atoms with E-state index in [2.05, 4.69) is 10.3 Å². The van der Waals surface area contributed by atoms with Crippen LogP contribution in [0.3, 0.4) is 0 Å². The molecule has 1 heterocycles. The average molecular weight is 270 g/mol. The standard InChI is InChI=1S/C17H19FN2/c18-16-6-4-15(5-7-16)17(14-2-1-3-14)20-12-13-8-10-19-11-9-13/h4-11,14,17,20H,1-3,12H2. The van der Waals surface area contributed by atoms with Gasteiger partial charge in [-0.25, -0.2) is 4.39 Å². The molecule has 1 saturated carbocycles. The molecule has 3 heteroatoms. The van der Waals surface area contributed by atoms with E-state index in [1.165, 1.54) is 30.4 Å². The summed E-state index contributed by atoms with van der Waals surface area (Å²) in [6, 6.07) is 11.3. The van der Waals surface area contributed by atoms with Gasteiger partial charge in [0, 0.05) is 25.0 Å². The Balaban J connectivity index is 1.71. The van der Waals surface area contributed by atoms with Crippen molar-refractivity contribution >= 4 is 0 Å². The molecule has 1 aromatic heterocycles. The van der Waals surface area contributed by atoms with E-state index in [1.807, 2.05) is 36.7 Å². The van der Waals surface area contributed by atoms with Crippen molar-refractivity contribution in [3.05, 3.63) is 65.7 Å². The van der Waals surface area contributed by atoms with Crippen LogP contribution in [0, 0.1) is 11.7 Å². The molecule has 1 unspecified atom stereocenters. The van der Waals surface area contributed by atoms with Crippen LogP contribution in [-0.4, -0.2) is 4.98 Å². The van der Waals surface area contributed by atoms with Gasteiger partial charge in [-0.3, -0.25) is 4.98 Å². The summed E-state index contributed by atoms with van der Waals surface area (Å²) in [7, 11) is 0. The topological polar surface area (TPSA) is 24.9 Å². The number of benzene rings is 1. The number of nitrogens with one attached hydrogen (secondary N) is 1. The summed E-state index contributed by atoms with van der Waals surface area (Å²) in [6.45, 7) is 0.820. The zero-order valence-corrected chi connectivity index (χ0v) is 11.4. The van der Waals surface area contributed by atoms with Gasteiger partial charge in [0.15, 0.2) is 0 Å². The Bertz CT molecular complexity index is 535. The molecule has 0 saturated heterocycles. The molecule has 104 valence electrons. The number of rotatable bonds is 5. The zero-order chi connectivity index (χ0) is 13.8. The number of hydrogen-bond acceptors (Lipinski definition) is 2. The van der Waals surface area contributed by atoms with Crippen LogP contribution in [0.4, 0.5) is 4.39 Å². The third-order valence-electron chi connectivity index (χ3n) is 4.13.